The molecular weight excluding hydrogens is 278 g/mol. The minimum absolute atomic E-state index is 0.109. The zero-order chi connectivity index (χ0) is 14.6. The molecule has 1 heterocycles. The van der Waals surface area contributed by atoms with Crippen molar-refractivity contribution >= 4 is 21.8 Å². The number of aromatic nitrogens is 2. The Morgan fingerprint density at radius 1 is 1.15 bits per heavy atom. The molecule has 0 saturated heterocycles. The molecule has 0 radical (unpaired) electrons. The van der Waals surface area contributed by atoms with Crippen LogP contribution in [0.15, 0.2) is 41.4 Å². The molecule has 5 N–H and O–H groups in total. The number of sulfonamides is 1. The van der Waals surface area contributed by atoms with E-state index >= 15 is 0 Å². The van der Waals surface area contributed by atoms with Gasteiger partial charge in [-0.05, 0) is 30.2 Å². The fourth-order valence-corrected chi connectivity index (χ4v) is 2.17. The van der Waals surface area contributed by atoms with E-state index in [0.717, 1.165) is 12.0 Å². The normalized spacial score (nSPS) is 11.2. The lowest BCUT2D eigenvalue weighted by Gasteiger charge is -2.06. The van der Waals surface area contributed by atoms with Gasteiger partial charge in [0.05, 0.1) is 4.90 Å². The van der Waals surface area contributed by atoms with Crippen LogP contribution in [0.25, 0.3) is 0 Å². The number of nitrogen functional groups attached to an aromatic ring is 1. The highest BCUT2D eigenvalue weighted by molar-refractivity contribution is 7.89. The summed E-state index contributed by atoms with van der Waals surface area (Å²) >= 11 is 0. The third-order valence-electron chi connectivity index (χ3n) is 2.65. The van der Waals surface area contributed by atoms with Crippen molar-refractivity contribution in [2.75, 3.05) is 17.6 Å². The largest absolute Gasteiger partial charge is 0.370 e. The fraction of sp³-hybridized carbons (Fsp3) is 0.167. The van der Waals surface area contributed by atoms with Gasteiger partial charge in [0.1, 0.15) is 5.82 Å². The van der Waals surface area contributed by atoms with Crippen LogP contribution < -0.4 is 16.2 Å². The third kappa shape index (κ3) is 3.90. The molecule has 0 amide bonds. The van der Waals surface area contributed by atoms with Crippen LogP contribution in [0.3, 0.4) is 0 Å². The Kier molecular flexibility index (Phi) is 4.16. The highest BCUT2D eigenvalue weighted by atomic mass is 32.2. The van der Waals surface area contributed by atoms with E-state index in [1.54, 1.807) is 24.4 Å². The number of nitrogens with one attached hydrogen (secondary N) is 1. The molecule has 0 aliphatic carbocycles. The van der Waals surface area contributed by atoms with Gasteiger partial charge in [-0.25, -0.2) is 18.5 Å². The van der Waals surface area contributed by atoms with E-state index in [0.29, 0.717) is 12.4 Å². The summed E-state index contributed by atoms with van der Waals surface area (Å²) in [7, 11) is -3.63. The first-order chi connectivity index (χ1) is 9.45. The van der Waals surface area contributed by atoms with Gasteiger partial charge in [-0.1, -0.05) is 12.1 Å². The van der Waals surface area contributed by atoms with Crippen LogP contribution in [0.2, 0.25) is 0 Å². The predicted octanol–water partition coefficient (Wildman–Crippen LogP) is 0.361. The number of anilines is 2. The molecule has 2 aromatic rings. The topological polar surface area (TPSA) is 124 Å². The van der Waals surface area contributed by atoms with Crippen LogP contribution in [0.5, 0.6) is 0 Å². The Morgan fingerprint density at radius 2 is 1.85 bits per heavy atom. The number of benzene rings is 1. The summed E-state index contributed by atoms with van der Waals surface area (Å²) in [4.78, 5) is 7.92. The predicted molar refractivity (Wildman–Crippen MR) is 76.5 cm³/mol. The first-order valence-electron chi connectivity index (χ1n) is 5.89. The molecule has 0 saturated carbocycles. The van der Waals surface area contributed by atoms with Gasteiger partial charge in [-0.15, -0.1) is 0 Å². The van der Waals surface area contributed by atoms with Gasteiger partial charge in [0, 0.05) is 12.7 Å². The zero-order valence-corrected chi connectivity index (χ0v) is 11.5. The van der Waals surface area contributed by atoms with Crippen molar-refractivity contribution < 1.29 is 8.42 Å². The van der Waals surface area contributed by atoms with E-state index in [2.05, 4.69) is 15.3 Å². The van der Waals surface area contributed by atoms with Crippen LogP contribution in [0, 0.1) is 0 Å². The van der Waals surface area contributed by atoms with Gasteiger partial charge in [0.2, 0.25) is 16.0 Å². The summed E-state index contributed by atoms with van der Waals surface area (Å²) in [5.74, 6) is 0.867. The Balaban J connectivity index is 1.92. The van der Waals surface area contributed by atoms with Crippen molar-refractivity contribution in [3.05, 3.63) is 42.1 Å². The molecule has 8 heteroatoms. The van der Waals surface area contributed by atoms with Gasteiger partial charge < -0.3 is 11.1 Å². The average Bonchev–Trinajstić information content (AvgIpc) is 2.38. The van der Waals surface area contributed by atoms with Crippen molar-refractivity contribution in [2.45, 2.75) is 11.3 Å². The average molecular weight is 293 g/mol. The van der Waals surface area contributed by atoms with Crippen LogP contribution >= 0.6 is 0 Å². The smallest absolute Gasteiger partial charge is 0.238 e. The van der Waals surface area contributed by atoms with Crippen molar-refractivity contribution in [3.8, 4) is 0 Å². The molecule has 2 rings (SSSR count). The second-order valence-electron chi connectivity index (χ2n) is 4.17. The molecule has 0 fully saturated rings. The molecule has 1 aromatic heterocycles. The first kappa shape index (κ1) is 14.2. The molecule has 0 unspecified atom stereocenters. The summed E-state index contributed by atoms with van der Waals surface area (Å²) in [5.41, 5.74) is 6.46. The van der Waals surface area contributed by atoms with E-state index in [-0.39, 0.29) is 10.8 Å². The van der Waals surface area contributed by atoms with Gasteiger partial charge in [-0.2, -0.15) is 4.98 Å². The summed E-state index contributed by atoms with van der Waals surface area (Å²) < 4.78 is 22.2. The lowest BCUT2D eigenvalue weighted by molar-refractivity contribution is 0.598. The van der Waals surface area contributed by atoms with Crippen molar-refractivity contribution in [2.24, 2.45) is 5.14 Å². The highest BCUT2D eigenvalue weighted by Crippen LogP contribution is 2.10. The minimum atomic E-state index is -3.63. The molecule has 0 aliphatic rings. The molecule has 20 heavy (non-hydrogen) atoms. The van der Waals surface area contributed by atoms with E-state index < -0.39 is 10.0 Å². The van der Waals surface area contributed by atoms with Crippen molar-refractivity contribution in [1.82, 2.24) is 9.97 Å². The molecular formula is C12H15N5O2S. The zero-order valence-electron chi connectivity index (χ0n) is 10.7. The number of rotatable bonds is 5. The van der Waals surface area contributed by atoms with E-state index in [1.807, 2.05) is 0 Å². The Morgan fingerprint density at radius 3 is 2.45 bits per heavy atom. The van der Waals surface area contributed by atoms with Crippen LogP contribution in [0.1, 0.15) is 5.56 Å². The lowest BCUT2D eigenvalue weighted by Crippen LogP contribution is -2.12. The number of nitrogens with zero attached hydrogens (tertiary/aromatic N) is 2. The van der Waals surface area contributed by atoms with E-state index in [9.17, 15) is 8.42 Å². The molecule has 7 nitrogen and oxygen atoms in total. The quantitative estimate of drug-likeness (QED) is 0.731. The van der Waals surface area contributed by atoms with Crippen LogP contribution in [-0.2, 0) is 16.4 Å². The molecule has 0 atom stereocenters. The maximum atomic E-state index is 11.1. The second-order valence-corrected chi connectivity index (χ2v) is 5.73. The number of primary sulfonamides is 1. The second kappa shape index (κ2) is 5.85. The molecule has 0 aliphatic heterocycles. The molecule has 106 valence electrons. The highest BCUT2D eigenvalue weighted by Gasteiger charge is 2.06. The summed E-state index contributed by atoms with van der Waals surface area (Å²) in [5, 5.41) is 8.14. The fourth-order valence-electron chi connectivity index (χ4n) is 1.65. The lowest BCUT2D eigenvalue weighted by atomic mass is 10.1. The standard InChI is InChI=1S/C12H15N5O2S/c13-12-16-8-6-11(17-12)15-7-5-9-1-3-10(4-2-9)20(14,18)19/h1-4,6,8H,5,7H2,(H2,14,18,19)(H3,13,15,16,17). The maximum Gasteiger partial charge on any atom is 0.238 e. The van der Waals surface area contributed by atoms with Crippen LogP contribution in [0.4, 0.5) is 11.8 Å². The molecule has 0 spiro atoms. The van der Waals surface area contributed by atoms with Crippen LogP contribution in [-0.4, -0.2) is 24.9 Å². The minimum Gasteiger partial charge on any atom is -0.370 e. The molecule has 0 bridgehead atoms. The Hall–Kier alpha value is -2.19. The monoisotopic (exact) mass is 293 g/mol. The summed E-state index contributed by atoms with van der Waals surface area (Å²) in [6, 6.07) is 8.17. The number of hydrogen-bond donors (Lipinski definition) is 3. The summed E-state index contributed by atoms with van der Waals surface area (Å²) in [6.07, 6.45) is 2.29. The Bertz CT molecular complexity index is 685. The van der Waals surface area contributed by atoms with Gasteiger partial charge in [-0.3, -0.25) is 0 Å². The van der Waals surface area contributed by atoms with Gasteiger partial charge in [0.15, 0.2) is 0 Å². The SMILES string of the molecule is Nc1nccc(NCCc2ccc(S(N)(=O)=O)cc2)n1. The maximum absolute atomic E-state index is 11.1. The van der Waals surface area contributed by atoms with E-state index in [1.165, 1.54) is 12.1 Å². The number of hydrogen-bond acceptors (Lipinski definition) is 6. The Labute approximate surface area is 117 Å². The molecule has 1 aromatic carbocycles. The van der Waals surface area contributed by atoms with Gasteiger partial charge in [0.25, 0.3) is 0 Å². The van der Waals surface area contributed by atoms with Gasteiger partial charge >= 0.3 is 0 Å². The van der Waals surface area contributed by atoms with E-state index in [4.69, 9.17) is 10.9 Å². The number of nitrogens with two attached hydrogens (primary N) is 2. The summed E-state index contributed by atoms with van der Waals surface area (Å²) in [6.45, 7) is 0.644. The van der Waals surface area contributed by atoms with Crippen molar-refractivity contribution in [1.29, 1.82) is 0 Å². The van der Waals surface area contributed by atoms with Crippen molar-refractivity contribution in [3.63, 3.8) is 0 Å². The first-order valence-corrected chi connectivity index (χ1v) is 7.44. The third-order valence-corrected chi connectivity index (χ3v) is 3.58.